The summed E-state index contributed by atoms with van der Waals surface area (Å²) in [6, 6.07) is 15.1. The minimum absolute atomic E-state index is 0.255. The fourth-order valence-corrected chi connectivity index (χ4v) is 4.08. The molecule has 7 nitrogen and oxygen atoms in total. The molecule has 1 atom stereocenters. The maximum Gasteiger partial charge on any atom is 0.238 e. The van der Waals surface area contributed by atoms with Crippen molar-refractivity contribution in [3.8, 4) is 11.6 Å². The summed E-state index contributed by atoms with van der Waals surface area (Å²) in [4.78, 5) is 16.8. The Bertz CT molecular complexity index is 1180. The van der Waals surface area contributed by atoms with Crippen molar-refractivity contribution in [2.24, 2.45) is 0 Å². The highest BCUT2D eigenvalue weighted by molar-refractivity contribution is 8.00. The van der Waals surface area contributed by atoms with Gasteiger partial charge in [-0.05, 0) is 30.7 Å². The lowest BCUT2D eigenvalue weighted by Gasteiger charge is -2.14. The van der Waals surface area contributed by atoms with Crippen LogP contribution in [0.5, 0.6) is 0 Å². The molecule has 10 heteroatoms. The Morgan fingerprint density at radius 2 is 2.00 bits per heavy atom. The standard InChI is InChI=1S/C21H17Cl2N5O2S/c1-13(20(29)25-18-16(23)10-15(22)11-24-18)31-21-27-26-19(17-8-5-9-30-17)28(21)12-14-6-3-2-4-7-14/h2-11,13H,12H2,1H3,(H,24,25,29). The molecule has 4 aromatic rings. The molecule has 0 aliphatic heterocycles. The number of anilines is 1. The first-order valence-electron chi connectivity index (χ1n) is 9.31. The number of aromatic nitrogens is 4. The summed E-state index contributed by atoms with van der Waals surface area (Å²) in [7, 11) is 0. The fraction of sp³-hybridized carbons (Fsp3) is 0.143. The van der Waals surface area contributed by atoms with E-state index >= 15 is 0 Å². The lowest BCUT2D eigenvalue weighted by atomic mass is 10.2. The van der Waals surface area contributed by atoms with Crippen molar-refractivity contribution >= 4 is 46.7 Å². The molecule has 0 fully saturated rings. The van der Waals surface area contributed by atoms with Gasteiger partial charge in [0.1, 0.15) is 0 Å². The van der Waals surface area contributed by atoms with E-state index in [-0.39, 0.29) is 16.7 Å². The summed E-state index contributed by atoms with van der Waals surface area (Å²) in [5.74, 6) is 1.18. The first-order chi connectivity index (χ1) is 15.0. The summed E-state index contributed by atoms with van der Waals surface area (Å²) in [5, 5.41) is 12.1. The van der Waals surface area contributed by atoms with Crippen LogP contribution in [0.2, 0.25) is 10.0 Å². The molecule has 0 aliphatic rings. The van der Waals surface area contributed by atoms with Crippen LogP contribution in [0, 0.1) is 0 Å². The topological polar surface area (TPSA) is 85.8 Å². The molecule has 0 aliphatic carbocycles. The number of nitrogens with one attached hydrogen (secondary N) is 1. The molecule has 4 rings (SSSR count). The van der Waals surface area contributed by atoms with Crippen LogP contribution in [0.3, 0.4) is 0 Å². The third kappa shape index (κ3) is 5.10. The second-order valence-electron chi connectivity index (χ2n) is 6.59. The Labute approximate surface area is 192 Å². The van der Waals surface area contributed by atoms with E-state index in [0.29, 0.717) is 28.3 Å². The van der Waals surface area contributed by atoms with Gasteiger partial charge in [0.2, 0.25) is 11.7 Å². The van der Waals surface area contributed by atoms with Gasteiger partial charge in [0.25, 0.3) is 0 Å². The molecule has 158 valence electrons. The van der Waals surface area contributed by atoms with Crippen LogP contribution in [0.4, 0.5) is 5.82 Å². The Kier molecular flexibility index (Phi) is 6.60. The monoisotopic (exact) mass is 473 g/mol. The SMILES string of the molecule is CC(Sc1nnc(-c2ccco2)n1Cc1ccccc1)C(=O)Nc1ncc(Cl)cc1Cl. The van der Waals surface area contributed by atoms with Gasteiger partial charge >= 0.3 is 0 Å². The molecule has 0 saturated heterocycles. The van der Waals surface area contributed by atoms with Crippen molar-refractivity contribution in [3.05, 3.63) is 76.6 Å². The number of hydrogen-bond acceptors (Lipinski definition) is 6. The first kappa shape index (κ1) is 21.4. The van der Waals surface area contributed by atoms with Crippen molar-refractivity contribution in [1.82, 2.24) is 19.7 Å². The van der Waals surface area contributed by atoms with Crippen LogP contribution in [-0.2, 0) is 11.3 Å². The number of hydrogen-bond donors (Lipinski definition) is 1. The zero-order valence-corrected chi connectivity index (χ0v) is 18.7. The number of pyridine rings is 1. The zero-order valence-electron chi connectivity index (χ0n) is 16.3. The average Bonchev–Trinajstić information content (AvgIpc) is 3.41. The molecule has 1 aromatic carbocycles. The third-order valence-electron chi connectivity index (χ3n) is 4.34. The number of amides is 1. The van der Waals surface area contributed by atoms with E-state index in [9.17, 15) is 4.79 Å². The Hall–Kier alpha value is -2.81. The maximum atomic E-state index is 12.7. The molecule has 3 heterocycles. The Balaban J connectivity index is 1.56. The summed E-state index contributed by atoms with van der Waals surface area (Å²) >= 11 is 13.3. The lowest BCUT2D eigenvalue weighted by Crippen LogP contribution is -2.23. The minimum atomic E-state index is -0.489. The van der Waals surface area contributed by atoms with E-state index in [0.717, 1.165) is 5.56 Å². The zero-order chi connectivity index (χ0) is 21.8. The number of nitrogens with zero attached hydrogens (tertiary/aromatic N) is 4. The Morgan fingerprint density at radius 3 is 2.71 bits per heavy atom. The molecule has 0 spiro atoms. The minimum Gasteiger partial charge on any atom is -0.461 e. The van der Waals surface area contributed by atoms with Gasteiger partial charge in [-0.3, -0.25) is 9.36 Å². The summed E-state index contributed by atoms with van der Waals surface area (Å²) in [6.07, 6.45) is 3.01. The highest BCUT2D eigenvalue weighted by Gasteiger charge is 2.23. The lowest BCUT2D eigenvalue weighted by molar-refractivity contribution is -0.115. The molecule has 31 heavy (non-hydrogen) atoms. The second kappa shape index (κ2) is 9.55. The number of carbonyl (C=O) groups excluding carboxylic acids is 1. The fourth-order valence-electron chi connectivity index (χ4n) is 2.81. The molecule has 1 unspecified atom stereocenters. The van der Waals surface area contributed by atoms with Crippen molar-refractivity contribution in [2.75, 3.05) is 5.32 Å². The number of furan rings is 1. The summed E-state index contributed by atoms with van der Waals surface area (Å²) in [6.45, 7) is 2.31. The van der Waals surface area contributed by atoms with Crippen LogP contribution in [0.1, 0.15) is 12.5 Å². The summed E-state index contributed by atoms with van der Waals surface area (Å²) < 4.78 is 7.45. The molecule has 0 bridgehead atoms. The van der Waals surface area contributed by atoms with Crippen LogP contribution < -0.4 is 5.32 Å². The maximum absolute atomic E-state index is 12.7. The summed E-state index contributed by atoms with van der Waals surface area (Å²) in [5.41, 5.74) is 1.08. The van der Waals surface area contributed by atoms with E-state index in [4.69, 9.17) is 27.6 Å². The Morgan fingerprint density at radius 1 is 1.19 bits per heavy atom. The smallest absolute Gasteiger partial charge is 0.238 e. The van der Waals surface area contributed by atoms with Crippen LogP contribution >= 0.6 is 35.0 Å². The highest BCUT2D eigenvalue weighted by atomic mass is 35.5. The number of rotatable bonds is 7. The van der Waals surface area contributed by atoms with Gasteiger partial charge in [-0.1, -0.05) is 65.3 Å². The predicted molar refractivity (Wildman–Crippen MR) is 121 cm³/mol. The van der Waals surface area contributed by atoms with Crippen LogP contribution in [0.15, 0.2) is 70.6 Å². The van der Waals surface area contributed by atoms with Crippen LogP contribution in [-0.4, -0.2) is 30.9 Å². The van der Waals surface area contributed by atoms with Crippen molar-refractivity contribution in [2.45, 2.75) is 23.9 Å². The number of carbonyl (C=O) groups is 1. The van der Waals surface area contributed by atoms with Gasteiger partial charge in [-0.2, -0.15) is 0 Å². The number of benzene rings is 1. The molecular formula is C21H17Cl2N5O2S. The van der Waals surface area contributed by atoms with Gasteiger partial charge in [-0.25, -0.2) is 4.98 Å². The van der Waals surface area contributed by atoms with Gasteiger partial charge in [0.15, 0.2) is 16.7 Å². The number of thioether (sulfide) groups is 1. The van der Waals surface area contributed by atoms with Crippen molar-refractivity contribution in [1.29, 1.82) is 0 Å². The predicted octanol–water partition coefficient (Wildman–Crippen LogP) is 5.41. The van der Waals surface area contributed by atoms with Gasteiger partial charge < -0.3 is 9.73 Å². The van der Waals surface area contributed by atoms with E-state index in [1.807, 2.05) is 41.0 Å². The normalized spacial score (nSPS) is 12.0. The highest BCUT2D eigenvalue weighted by Crippen LogP contribution is 2.29. The first-order valence-corrected chi connectivity index (χ1v) is 10.9. The third-order valence-corrected chi connectivity index (χ3v) is 5.92. The van der Waals surface area contributed by atoms with Gasteiger partial charge in [-0.15, -0.1) is 10.2 Å². The van der Waals surface area contributed by atoms with Crippen LogP contribution in [0.25, 0.3) is 11.6 Å². The number of halogens is 2. The second-order valence-corrected chi connectivity index (χ2v) is 8.74. The van der Waals surface area contributed by atoms with E-state index in [2.05, 4.69) is 20.5 Å². The van der Waals surface area contributed by atoms with E-state index in [1.54, 1.807) is 19.3 Å². The average molecular weight is 474 g/mol. The molecular weight excluding hydrogens is 457 g/mol. The van der Waals surface area contributed by atoms with Crippen molar-refractivity contribution in [3.63, 3.8) is 0 Å². The molecule has 1 amide bonds. The largest absolute Gasteiger partial charge is 0.461 e. The van der Waals surface area contributed by atoms with E-state index in [1.165, 1.54) is 24.0 Å². The van der Waals surface area contributed by atoms with Gasteiger partial charge in [0.05, 0.1) is 28.1 Å². The molecule has 1 N–H and O–H groups in total. The van der Waals surface area contributed by atoms with Crippen molar-refractivity contribution < 1.29 is 9.21 Å². The molecule has 0 radical (unpaired) electrons. The molecule has 3 aromatic heterocycles. The van der Waals surface area contributed by atoms with Gasteiger partial charge in [0, 0.05) is 6.20 Å². The quantitative estimate of drug-likeness (QED) is 0.361. The van der Waals surface area contributed by atoms with E-state index < -0.39 is 5.25 Å². The molecule has 0 saturated carbocycles.